The summed E-state index contributed by atoms with van der Waals surface area (Å²) < 4.78 is 36.9. The van der Waals surface area contributed by atoms with Crippen LogP contribution in [0.2, 0.25) is 0 Å². The van der Waals surface area contributed by atoms with E-state index >= 15 is 0 Å². The first-order chi connectivity index (χ1) is 8.43. The lowest BCUT2D eigenvalue weighted by atomic mass is 9.81. The van der Waals surface area contributed by atoms with Gasteiger partial charge in [-0.15, -0.1) is 0 Å². The van der Waals surface area contributed by atoms with Crippen LogP contribution in [0.15, 0.2) is 0 Å². The van der Waals surface area contributed by atoms with Crippen LogP contribution in [0, 0.1) is 29.1 Å². The molecule has 3 unspecified atom stereocenters. The fraction of sp³-hybridized carbons (Fsp3) is 0.923. The Kier molecular flexibility index (Phi) is 5.94. The van der Waals surface area contributed by atoms with E-state index in [0.29, 0.717) is 12.5 Å². The van der Waals surface area contributed by atoms with Gasteiger partial charge in [0, 0.05) is 6.54 Å². The average molecular weight is 262 g/mol. The molecule has 1 fully saturated rings. The van der Waals surface area contributed by atoms with E-state index in [9.17, 15) is 13.2 Å². The standard InChI is InChI=1S/C13H21F3N2/c1-10-3-2-4-11(7-10)5-6-18-9-12(8-17)13(14,15)16/h10-12,18H,2-7,9H2,1H3. The summed E-state index contributed by atoms with van der Waals surface area (Å²) in [5.41, 5.74) is 0. The second kappa shape index (κ2) is 6.98. The van der Waals surface area contributed by atoms with Gasteiger partial charge in [0.1, 0.15) is 0 Å². The lowest BCUT2D eigenvalue weighted by molar-refractivity contribution is -0.157. The normalized spacial score (nSPS) is 26.6. The molecule has 1 N–H and O–H groups in total. The molecule has 18 heavy (non-hydrogen) atoms. The van der Waals surface area contributed by atoms with Crippen LogP contribution in [-0.2, 0) is 0 Å². The van der Waals surface area contributed by atoms with Crippen LogP contribution in [-0.4, -0.2) is 19.3 Å². The van der Waals surface area contributed by atoms with E-state index in [4.69, 9.17) is 5.26 Å². The summed E-state index contributed by atoms with van der Waals surface area (Å²) in [6.07, 6.45) is 1.38. The van der Waals surface area contributed by atoms with Crippen molar-refractivity contribution in [3.63, 3.8) is 0 Å². The number of alkyl halides is 3. The Hall–Kier alpha value is -0.760. The number of nitrogens with zero attached hydrogens (tertiary/aromatic N) is 1. The van der Waals surface area contributed by atoms with Crippen molar-refractivity contribution in [3.05, 3.63) is 0 Å². The Bertz CT molecular complexity index is 283. The highest BCUT2D eigenvalue weighted by atomic mass is 19.4. The van der Waals surface area contributed by atoms with Crippen LogP contribution >= 0.6 is 0 Å². The molecule has 1 aliphatic carbocycles. The SMILES string of the molecule is CC1CCCC(CCNCC(C#N)C(F)(F)F)C1. The van der Waals surface area contributed by atoms with E-state index in [1.54, 1.807) is 0 Å². The Balaban J connectivity index is 2.16. The van der Waals surface area contributed by atoms with Crippen molar-refractivity contribution in [1.82, 2.24) is 5.32 Å². The maximum absolute atomic E-state index is 12.3. The summed E-state index contributed by atoms with van der Waals surface area (Å²) in [7, 11) is 0. The zero-order chi connectivity index (χ0) is 13.6. The Morgan fingerprint density at radius 3 is 2.67 bits per heavy atom. The predicted octanol–water partition coefficient (Wildman–Crippen LogP) is 3.49. The summed E-state index contributed by atoms with van der Waals surface area (Å²) in [5, 5.41) is 11.2. The van der Waals surface area contributed by atoms with E-state index in [0.717, 1.165) is 12.3 Å². The molecule has 0 saturated heterocycles. The van der Waals surface area contributed by atoms with Gasteiger partial charge >= 0.3 is 6.18 Å². The lowest BCUT2D eigenvalue weighted by Crippen LogP contribution is -2.33. The number of hydrogen-bond donors (Lipinski definition) is 1. The van der Waals surface area contributed by atoms with Crippen molar-refractivity contribution in [2.24, 2.45) is 17.8 Å². The molecule has 104 valence electrons. The van der Waals surface area contributed by atoms with E-state index in [1.165, 1.54) is 31.8 Å². The van der Waals surface area contributed by atoms with Gasteiger partial charge in [-0.1, -0.05) is 26.2 Å². The Labute approximate surface area is 107 Å². The minimum Gasteiger partial charge on any atom is -0.315 e. The van der Waals surface area contributed by atoms with Gasteiger partial charge in [-0.25, -0.2) is 0 Å². The van der Waals surface area contributed by atoms with Crippen LogP contribution in [0.25, 0.3) is 0 Å². The van der Waals surface area contributed by atoms with Gasteiger partial charge in [-0.3, -0.25) is 0 Å². The number of nitriles is 1. The fourth-order valence-electron chi connectivity index (χ4n) is 2.61. The summed E-state index contributed by atoms with van der Waals surface area (Å²) in [6.45, 7) is 2.52. The molecule has 0 aliphatic heterocycles. The first-order valence-electron chi connectivity index (χ1n) is 6.60. The smallest absolute Gasteiger partial charge is 0.315 e. The van der Waals surface area contributed by atoms with Gasteiger partial charge in [-0.05, 0) is 31.2 Å². The molecule has 0 amide bonds. The zero-order valence-electron chi connectivity index (χ0n) is 10.8. The third-order valence-corrected chi connectivity index (χ3v) is 3.67. The maximum Gasteiger partial charge on any atom is 0.405 e. The van der Waals surface area contributed by atoms with Gasteiger partial charge in [0.15, 0.2) is 5.92 Å². The van der Waals surface area contributed by atoms with Gasteiger partial charge < -0.3 is 5.32 Å². The number of hydrogen-bond acceptors (Lipinski definition) is 2. The van der Waals surface area contributed by atoms with Gasteiger partial charge in [0.2, 0.25) is 0 Å². The number of halogens is 3. The average Bonchev–Trinajstić information content (AvgIpc) is 2.27. The third-order valence-electron chi connectivity index (χ3n) is 3.67. The molecule has 2 nitrogen and oxygen atoms in total. The molecule has 0 spiro atoms. The van der Waals surface area contributed by atoms with Crippen molar-refractivity contribution in [3.8, 4) is 6.07 Å². The minimum atomic E-state index is -4.42. The Morgan fingerprint density at radius 1 is 1.39 bits per heavy atom. The summed E-state index contributed by atoms with van der Waals surface area (Å²) in [5.74, 6) is -0.513. The molecule has 1 rings (SSSR count). The maximum atomic E-state index is 12.3. The van der Waals surface area contributed by atoms with E-state index < -0.39 is 12.1 Å². The van der Waals surface area contributed by atoms with E-state index in [2.05, 4.69) is 12.2 Å². The van der Waals surface area contributed by atoms with Crippen LogP contribution in [0.5, 0.6) is 0 Å². The molecule has 1 aliphatic rings. The molecular weight excluding hydrogens is 241 g/mol. The third kappa shape index (κ3) is 5.26. The van der Waals surface area contributed by atoms with Crippen molar-refractivity contribution < 1.29 is 13.2 Å². The fourth-order valence-corrected chi connectivity index (χ4v) is 2.61. The largest absolute Gasteiger partial charge is 0.405 e. The van der Waals surface area contributed by atoms with Crippen molar-refractivity contribution >= 4 is 0 Å². The molecule has 0 bridgehead atoms. The summed E-state index contributed by atoms with van der Waals surface area (Å²) in [4.78, 5) is 0. The van der Waals surface area contributed by atoms with Crippen molar-refractivity contribution in [2.45, 2.75) is 45.2 Å². The molecule has 3 atom stereocenters. The second-order valence-corrected chi connectivity index (χ2v) is 5.35. The summed E-state index contributed by atoms with van der Waals surface area (Å²) in [6, 6.07) is 1.30. The van der Waals surface area contributed by atoms with Crippen LogP contribution in [0.1, 0.15) is 39.0 Å². The van der Waals surface area contributed by atoms with E-state index in [-0.39, 0.29) is 6.54 Å². The second-order valence-electron chi connectivity index (χ2n) is 5.35. The van der Waals surface area contributed by atoms with Crippen LogP contribution in [0.3, 0.4) is 0 Å². The number of rotatable bonds is 5. The minimum absolute atomic E-state index is 0.289. The van der Waals surface area contributed by atoms with Crippen molar-refractivity contribution in [1.29, 1.82) is 5.26 Å². The molecule has 0 radical (unpaired) electrons. The molecule has 5 heteroatoms. The highest BCUT2D eigenvalue weighted by Gasteiger charge is 2.39. The molecule has 0 aromatic carbocycles. The number of nitrogens with one attached hydrogen (secondary N) is 1. The molecule has 1 saturated carbocycles. The van der Waals surface area contributed by atoms with Gasteiger partial charge in [-0.2, -0.15) is 18.4 Å². The highest BCUT2D eigenvalue weighted by Crippen LogP contribution is 2.30. The molecule has 0 aromatic rings. The quantitative estimate of drug-likeness (QED) is 0.770. The monoisotopic (exact) mass is 262 g/mol. The highest BCUT2D eigenvalue weighted by molar-refractivity contribution is 4.89. The Morgan fingerprint density at radius 2 is 2.11 bits per heavy atom. The first-order valence-corrected chi connectivity index (χ1v) is 6.60. The van der Waals surface area contributed by atoms with Gasteiger partial charge in [0.05, 0.1) is 6.07 Å². The van der Waals surface area contributed by atoms with Crippen LogP contribution in [0.4, 0.5) is 13.2 Å². The van der Waals surface area contributed by atoms with Gasteiger partial charge in [0.25, 0.3) is 0 Å². The van der Waals surface area contributed by atoms with Crippen molar-refractivity contribution in [2.75, 3.05) is 13.1 Å². The molecule has 0 heterocycles. The topological polar surface area (TPSA) is 35.8 Å². The molecule has 0 aromatic heterocycles. The molecular formula is C13H21F3N2. The zero-order valence-corrected chi connectivity index (χ0v) is 10.8. The first kappa shape index (κ1) is 15.3. The van der Waals surface area contributed by atoms with E-state index in [1.807, 2.05) is 0 Å². The lowest BCUT2D eigenvalue weighted by Gasteiger charge is -2.26. The van der Waals surface area contributed by atoms with Crippen LogP contribution < -0.4 is 5.32 Å². The summed E-state index contributed by atoms with van der Waals surface area (Å²) >= 11 is 0. The predicted molar refractivity (Wildman–Crippen MR) is 63.8 cm³/mol.